The van der Waals surface area contributed by atoms with Crippen LogP contribution in [0.1, 0.15) is 13.3 Å². The monoisotopic (exact) mass is 130 g/mol. The summed E-state index contributed by atoms with van der Waals surface area (Å²) in [6, 6.07) is 0. The molecule has 1 nitrogen and oxygen atoms in total. The summed E-state index contributed by atoms with van der Waals surface area (Å²) in [6.07, 6.45) is 0.627. The topological polar surface area (TPSA) is 20.2 Å². The third kappa shape index (κ3) is 8.82. The highest BCUT2D eigenvalue weighted by Gasteiger charge is 1.85. The van der Waals surface area contributed by atoms with Crippen molar-refractivity contribution in [3.63, 3.8) is 0 Å². The normalized spacial score (nSPS) is 12.5. The van der Waals surface area contributed by atoms with Crippen molar-refractivity contribution in [2.24, 2.45) is 0 Å². The lowest BCUT2D eigenvalue weighted by atomic mass is 10.5. The molecule has 0 heterocycles. The van der Waals surface area contributed by atoms with Gasteiger partial charge in [0.25, 0.3) is 0 Å². The van der Waals surface area contributed by atoms with Crippen molar-refractivity contribution in [2.45, 2.75) is 18.9 Å². The van der Waals surface area contributed by atoms with Crippen molar-refractivity contribution in [3.8, 4) is 0 Å². The van der Waals surface area contributed by atoms with Crippen LogP contribution in [0.4, 0.5) is 0 Å². The quantitative estimate of drug-likeness (QED) is 0.533. The van der Waals surface area contributed by atoms with E-state index >= 15 is 0 Å². The molecule has 1 unspecified atom stereocenters. The van der Waals surface area contributed by atoms with Crippen LogP contribution < -0.4 is 0 Å². The Balaban J connectivity index is 0. The average molecular weight is 131 g/mol. The summed E-state index contributed by atoms with van der Waals surface area (Å²) in [4.78, 5) is 0. The van der Waals surface area contributed by atoms with Crippen LogP contribution >= 0.6 is 24.0 Å². The average Bonchev–Trinajstić information content (AvgIpc) is 1.38. The molecule has 0 radical (unpaired) electrons. The van der Waals surface area contributed by atoms with Gasteiger partial charge in [0.05, 0.1) is 0 Å². The highest BCUT2D eigenvalue weighted by atomic mass is 35.5. The molecule has 0 aromatic carbocycles. The van der Waals surface area contributed by atoms with Gasteiger partial charge < -0.3 is 5.11 Å². The Morgan fingerprint density at radius 3 is 2.00 bits per heavy atom. The molecule has 0 aliphatic carbocycles. The Kier molecular flexibility index (Phi) is 8.99. The SMILES string of the molecule is CCC(O)Cl.Cl. The molecule has 1 atom stereocenters. The largest absolute Gasteiger partial charge is 0.378 e. The lowest BCUT2D eigenvalue weighted by Crippen LogP contribution is -1.88. The molecule has 0 aromatic rings. The summed E-state index contributed by atoms with van der Waals surface area (Å²) < 4.78 is 0. The molecule has 40 valence electrons. The van der Waals surface area contributed by atoms with Crippen LogP contribution in [0.15, 0.2) is 0 Å². The van der Waals surface area contributed by atoms with Gasteiger partial charge in [-0.1, -0.05) is 18.5 Å². The van der Waals surface area contributed by atoms with E-state index in [1.165, 1.54) is 0 Å². The van der Waals surface area contributed by atoms with E-state index in [1.807, 2.05) is 6.92 Å². The molecule has 0 aliphatic rings. The summed E-state index contributed by atoms with van der Waals surface area (Å²) in [5.74, 6) is 0. The molecule has 0 fully saturated rings. The first-order valence-electron chi connectivity index (χ1n) is 1.59. The van der Waals surface area contributed by atoms with E-state index in [0.29, 0.717) is 6.42 Å². The van der Waals surface area contributed by atoms with Gasteiger partial charge >= 0.3 is 0 Å². The molecule has 0 rings (SSSR count). The van der Waals surface area contributed by atoms with Crippen molar-refractivity contribution in [1.82, 2.24) is 0 Å². The molecular formula is C3H8Cl2O. The third-order valence-corrected chi connectivity index (χ3v) is 0.645. The van der Waals surface area contributed by atoms with Crippen molar-refractivity contribution in [3.05, 3.63) is 0 Å². The molecule has 0 saturated heterocycles. The molecule has 0 bridgehead atoms. The van der Waals surface area contributed by atoms with Gasteiger partial charge in [-0.2, -0.15) is 0 Å². The van der Waals surface area contributed by atoms with E-state index in [-0.39, 0.29) is 12.4 Å². The number of aliphatic hydroxyl groups excluding tert-OH is 1. The van der Waals surface area contributed by atoms with Gasteiger partial charge in [0.2, 0.25) is 0 Å². The lowest BCUT2D eigenvalue weighted by Gasteiger charge is -1.87. The number of hydrogen-bond donors (Lipinski definition) is 1. The van der Waals surface area contributed by atoms with Gasteiger partial charge in [0.1, 0.15) is 5.56 Å². The molecule has 3 heteroatoms. The molecule has 0 amide bonds. The number of rotatable bonds is 1. The smallest absolute Gasteiger partial charge is 0.127 e. The number of halogens is 2. The predicted molar refractivity (Wildman–Crippen MR) is 29.4 cm³/mol. The molecule has 0 aliphatic heterocycles. The van der Waals surface area contributed by atoms with E-state index in [1.54, 1.807) is 0 Å². The summed E-state index contributed by atoms with van der Waals surface area (Å²) in [5.41, 5.74) is -0.644. The second kappa shape index (κ2) is 5.54. The maximum Gasteiger partial charge on any atom is 0.127 e. The molecule has 0 aromatic heterocycles. The van der Waals surface area contributed by atoms with Gasteiger partial charge in [0.15, 0.2) is 0 Å². The molecule has 6 heavy (non-hydrogen) atoms. The Morgan fingerprint density at radius 2 is 2.00 bits per heavy atom. The molecule has 1 N–H and O–H groups in total. The van der Waals surface area contributed by atoms with E-state index in [4.69, 9.17) is 16.7 Å². The first kappa shape index (κ1) is 9.74. The Morgan fingerprint density at radius 1 is 1.83 bits per heavy atom. The van der Waals surface area contributed by atoms with E-state index in [9.17, 15) is 0 Å². The fourth-order valence-corrected chi connectivity index (χ4v) is 0. The van der Waals surface area contributed by atoms with Gasteiger partial charge in [-0.05, 0) is 6.42 Å². The summed E-state index contributed by atoms with van der Waals surface area (Å²) in [7, 11) is 0. The van der Waals surface area contributed by atoms with Gasteiger partial charge in [0, 0.05) is 0 Å². The summed E-state index contributed by atoms with van der Waals surface area (Å²) >= 11 is 5.02. The minimum atomic E-state index is -0.644. The lowest BCUT2D eigenvalue weighted by molar-refractivity contribution is 0.252. The third-order valence-electron chi connectivity index (χ3n) is 0.337. The van der Waals surface area contributed by atoms with Crippen molar-refractivity contribution >= 4 is 24.0 Å². The standard InChI is InChI=1S/C3H7ClO.ClH/c1-2-3(4)5;/h3,5H,2H2,1H3;1H. The van der Waals surface area contributed by atoms with Crippen LogP contribution in [0.2, 0.25) is 0 Å². The van der Waals surface area contributed by atoms with Crippen molar-refractivity contribution in [1.29, 1.82) is 0 Å². The maximum atomic E-state index is 8.13. The fraction of sp³-hybridized carbons (Fsp3) is 1.00. The zero-order chi connectivity index (χ0) is 4.28. The van der Waals surface area contributed by atoms with Gasteiger partial charge in [-0.25, -0.2) is 0 Å². The zero-order valence-corrected chi connectivity index (χ0v) is 5.09. The predicted octanol–water partition coefficient (Wildman–Crippen LogP) is 1.38. The van der Waals surface area contributed by atoms with Crippen LogP contribution in [-0.2, 0) is 0 Å². The minimum Gasteiger partial charge on any atom is -0.378 e. The Labute approximate surface area is 48.7 Å². The van der Waals surface area contributed by atoms with Crippen LogP contribution in [0.25, 0.3) is 0 Å². The second-order valence-electron chi connectivity index (χ2n) is 0.843. The van der Waals surface area contributed by atoms with E-state index < -0.39 is 5.56 Å². The van der Waals surface area contributed by atoms with Gasteiger partial charge in [-0.15, -0.1) is 12.4 Å². The number of alkyl halides is 1. The fourth-order valence-electron chi connectivity index (χ4n) is 0. The van der Waals surface area contributed by atoms with Crippen LogP contribution in [0.3, 0.4) is 0 Å². The van der Waals surface area contributed by atoms with Crippen LogP contribution in [-0.4, -0.2) is 10.7 Å². The zero-order valence-electron chi connectivity index (χ0n) is 3.52. The Hall–Kier alpha value is 0.540. The minimum absolute atomic E-state index is 0. The maximum absolute atomic E-state index is 8.13. The van der Waals surface area contributed by atoms with Crippen molar-refractivity contribution < 1.29 is 5.11 Å². The summed E-state index contributed by atoms with van der Waals surface area (Å²) in [6.45, 7) is 1.82. The van der Waals surface area contributed by atoms with E-state index in [2.05, 4.69) is 0 Å². The van der Waals surface area contributed by atoms with E-state index in [0.717, 1.165) is 0 Å². The van der Waals surface area contributed by atoms with Crippen LogP contribution in [0, 0.1) is 0 Å². The molecular weight excluding hydrogens is 123 g/mol. The number of aliphatic hydroxyl groups is 1. The summed E-state index contributed by atoms with van der Waals surface area (Å²) in [5, 5.41) is 8.13. The molecule has 0 saturated carbocycles. The van der Waals surface area contributed by atoms with Crippen molar-refractivity contribution in [2.75, 3.05) is 0 Å². The van der Waals surface area contributed by atoms with Gasteiger partial charge in [-0.3, -0.25) is 0 Å². The number of hydrogen-bond acceptors (Lipinski definition) is 1. The first-order chi connectivity index (χ1) is 2.27. The molecule has 0 spiro atoms. The Bertz CT molecular complexity index is 22.8. The first-order valence-corrected chi connectivity index (χ1v) is 2.03. The highest BCUT2D eigenvalue weighted by molar-refractivity contribution is 6.19. The highest BCUT2D eigenvalue weighted by Crippen LogP contribution is 1.91. The van der Waals surface area contributed by atoms with Crippen LogP contribution in [0.5, 0.6) is 0 Å². The second-order valence-corrected chi connectivity index (χ2v) is 1.35.